The molecule has 0 atom stereocenters. The average Bonchev–Trinajstić information content (AvgIpc) is 3.24. The molecule has 0 unspecified atom stereocenters. The Labute approximate surface area is 233 Å². The van der Waals surface area contributed by atoms with Gasteiger partial charge in [-0.2, -0.15) is 10.1 Å². The Kier molecular flexibility index (Phi) is 8.78. The van der Waals surface area contributed by atoms with Crippen molar-refractivity contribution in [3.8, 4) is 5.75 Å². The second-order valence-electron chi connectivity index (χ2n) is 9.12. The molecule has 0 bridgehead atoms. The van der Waals surface area contributed by atoms with Crippen molar-refractivity contribution in [1.82, 2.24) is 0 Å². The van der Waals surface area contributed by atoms with Gasteiger partial charge in [0.1, 0.15) is 5.75 Å². The number of anilines is 3. The number of carbonyl (C=O) groups excluding carboxylic acids is 2. The molecule has 3 aromatic rings. The summed E-state index contributed by atoms with van der Waals surface area (Å²) in [4.78, 5) is 31.1. The highest BCUT2D eigenvalue weighted by Gasteiger charge is 2.32. The van der Waals surface area contributed by atoms with Gasteiger partial charge in [0.05, 0.1) is 23.3 Å². The second-order valence-corrected chi connectivity index (χ2v) is 10.1. The molecule has 12 heteroatoms. The van der Waals surface area contributed by atoms with E-state index in [1.54, 1.807) is 24.3 Å². The van der Waals surface area contributed by atoms with E-state index in [4.69, 9.17) is 0 Å². The lowest BCUT2D eigenvalue weighted by Gasteiger charge is -2.22. The van der Waals surface area contributed by atoms with Crippen LogP contribution in [0.5, 0.6) is 5.75 Å². The number of aryl methyl sites for hydroxylation is 1. The van der Waals surface area contributed by atoms with E-state index in [-0.39, 0.29) is 23.3 Å². The zero-order valence-electron chi connectivity index (χ0n) is 21.8. The summed E-state index contributed by atoms with van der Waals surface area (Å²) in [5.74, 6) is -0.0736. The van der Waals surface area contributed by atoms with E-state index in [2.05, 4.69) is 25.6 Å². The monoisotopic (exact) mass is 569 g/mol. The van der Waals surface area contributed by atoms with Crippen molar-refractivity contribution in [2.45, 2.75) is 33.1 Å². The van der Waals surface area contributed by atoms with Crippen LogP contribution in [-0.2, 0) is 4.79 Å². The van der Waals surface area contributed by atoms with Gasteiger partial charge in [0.25, 0.3) is 0 Å². The number of nitrogens with one attached hydrogen (secondary N) is 2. The number of urea groups is 1. The third-order valence-electron chi connectivity index (χ3n) is 5.67. The fourth-order valence-corrected chi connectivity index (χ4v) is 4.68. The molecule has 8 nitrogen and oxygen atoms in total. The Hall–Kier alpha value is -4.32. The van der Waals surface area contributed by atoms with Crippen LogP contribution in [0, 0.1) is 6.92 Å². The van der Waals surface area contributed by atoms with Crippen LogP contribution in [0.2, 0.25) is 0 Å². The fraction of sp³-hybridized carbons (Fsp3) is 0.214. The van der Waals surface area contributed by atoms with Crippen LogP contribution < -0.4 is 20.4 Å². The van der Waals surface area contributed by atoms with Gasteiger partial charge in [-0.05, 0) is 84.1 Å². The van der Waals surface area contributed by atoms with Crippen molar-refractivity contribution >= 4 is 52.1 Å². The van der Waals surface area contributed by atoms with Gasteiger partial charge < -0.3 is 10.1 Å². The molecule has 0 aromatic heterocycles. The maximum absolute atomic E-state index is 12.7. The molecule has 4 rings (SSSR count). The third kappa shape index (κ3) is 7.63. The lowest BCUT2D eigenvalue weighted by Crippen LogP contribution is -2.31. The van der Waals surface area contributed by atoms with Crippen LogP contribution in [0.3, 0.4) is 0 Å². The number of aliphatic imine (C=N–C) groups is 1. The van der Waals surface area contributed by atoms with E-state index in [1.165, 1.54) is 47.1 Å². The van der Waals surface area contributed by atoms with Gasteiger partial charge in [0.2, 0.25) is 5.91 Å². The maximum Gasteiger partial charge on any atom is 0.573 e. The highest BCUT2D eigenvalue weighted by atomic mass is 32.2. The second kappa shape index (κ2) is 12.2. The topological polar surface area (TPSA) is 95.4 Å². The van der Waals surface area contributed by atoms with Crippen molar-refractivity contribution in [2.75, 3.05) is 21.4 Å². The number of ether oxygens (including phenoxy) is 1. The van der Waals surface area contributed by atoms with Crippen molar-refractivity contribution < 1.29 is 27.5 Å². The molecule has 1 fully saturated rings. The minimum Gasteiger partial charge on any atom is -0.406 e. The summed E-state index contributed by atoms with van der Waals surface area (Å²) in [6.07, 6.45) is -3.31. The largest absolute Gasteiger partial charge is 0.573 e. The highest BCUT2D eigenvalue weighted by Crippen LogP contribution is 2.34. The fourth-order valence-electron chi connectivity index (χ4n) is 3.82. The van der Waals surface area contributed by atoms with E-state index in [0.29, 0.717) is 22.1 Å². The lowest BCUT2D eigenvalue weighted by molar-refractivity contribution is -0.274. The number of hydrogen-bond acceptors (Lipinski definition) is 6. The van der Waals surface area contributed by atoms with Crippen LogP contribution in [0.25, 0.3) is 0 Å². The van der Waals surface area contributed by atoms with Crippen molar-refractivity contribution in [3.63, 3.8) is 0 Å². The highest BCUT2D eigenvalue weighted by molar-refractivity contribution is 8.15. The van der Waals surface area contributed by atoms with Crippen LogP contribution in [0.4, 0.5) is 35.0 Å². The Morgan fingerprint density at radius 2 is 1.73 bits per heavy atom. The Balaban J connectivity index is 1.37. The standard InChI is InChI=1S/C28H26F3N5O3S/c1-17(2)23-13-4-18(3)14-24(23)36-25(37)16-40-27(36)34-26(38)33-20-7-9-21(10-8-20)35-32-15-19-5-11-22(12-6-19)39-28(29,30)31/h4-15,17,35H,16H2,1-3H3,(H,33,38). The molecule has 0 spiro atoms. The van der Waals surface area contributed by atoms with Crippen LogP contribution >= 0.6 is 11.8 Å². The van der Waals surface area contributed by atoms with Gasteiger partial charge in [0.15, 0.2) is 5.17 Å². The quantitative estimate of drug-likeness (QED) is 0.233. The number of amides is 3. The summed E-state index contributed by atoms with van der Waals surface area (Å²) in [7, 11) is 0. The van der Waals surface area contributed by atoms with Crippen molar-refractivity contribution in [1.29, 1.82) is 0 Å². The van der Waals surface area contributed by atoms with Crippen molar-refractivity contribution in [3.05, 3.63) is 83.4 Å². The molecule has 0 aliphatic carbocycles. The van der Waals surface area contributed by atoms with E-state index in [9.17, 15) is 22.8 Å². The summed E-state index contributed by atoms with van der Waals surface area (Å²) in [5, 5.41) is 7.08. The van der Waals surface area contributed by atoms with E-state index < -0.39 is 12.4 Å². The molecular weight excluding hydrogens is 543 g/mol. The van der Waals surface area contributed by atoms with Gasteiger partial charge >= 0.3 is 12.4 Å². The number of carbonyl (C=O) groups is 2. The molecule has 0 radical (unpaired) electrons. The first-order chi connectivity index (χ1) is 19.0. The summed E-state index contributed by atoms with van der Waals surface area (Å²) in [6, 6.07) is 17.2. The Morgan fingerprint density at radius 3 is 2.38 bits per heavy atom. The molecular formula is C28H26F3N5O3S. The lowest BCUT2D eigenvalue weighted by atomic mass is 9.99. The molecule has 1 aliphatic heterocycles. The van der Waals surface area contributed by atoms with Crippen LogP contribution in [0.1, 0.15) is 36.5 Å². The first-order valence-electron chi connectivity index (χ1n) is 12.2. The molecule has 3 amide bonds. The van der Waals surface area contributed by atoms with Gasteiger partial charge in [0, 0.05) is 5.69 Å². The number of nitrogens with zero attached hydrogens (tertiary/aromatic N) is 3. The van der Waals surface area contributed by atoms with Gasteiger partial charge in [-0.15, -0.1) is 13.2 Å². The molecule has 208 valence electrons. The Morgan fingerprint density at radius 1 is 1.05 bits per heavy atom. The number of halogens is 3. The number of rotatable bonds is 7. The van der Waals surface area contributed by atoms with Gasteiger partial charge in [-0.25, -0.2) is 4.79 Å². The first kappa shape index (κ1) is 28.7. The zero-order valence-corrected chi connectivity index (χ0v) is 22.6. The molecule has 3 aromatic carbocycles. The first-order valence-corrected chi connectivity index (χ1v) is 13.2. The minimum absolute atomic E-state index is 0.134. The number of hydrogen-bond donors (Lipinski definition) is 2. The summed E-state index contributed by atoms with van der Waals surface area (Å²) in [6.45, 7) is 6.04. The van der Waals surface area contributed by atoms with E-state index >= 15 is 0 Å². The summed E-state index contributed by atoms with van der Waals surface area (Å²) in [5.41, 5.74) is 7.20. The number of benzene rings is 3. The third-order valence-corrected chi connectivity index (χ3v) is 6.59. The SMILES string of the molecule is Cc1ccc(C(C)C)c(N2C(=O)CSC2=NC(=O)Nc2ccc(NN=Cc3ccc(OC(F)(F)F)cc3)cc2)c1. The number of alkyl halides is 3. The van der Waals surface area contributed by atoms with Crippen molar-refractivity contribution in [2.24, 2.45) is 10.1 Å². The van der Waals surface area contributed by atoms with Gasteiger partial charge in [-0.1, -0.05) is 37.7 Å². The van der Waals surface area contributed by atoms with Gasteiger partial charge in [-0.3, -0.25) is 15.1 Å². The molecule has 1 saturated heterocycles. The van der Waals surface area contributed by atoms with E-state index in [0.717, 1.165) is 16.8 Å². The Bertz CT molecular complexity index is 1440. The normalized spacial score (nSPS) is 14.8. The average molecular weight is 570 g/mol. The van der Waals surface area contributed by atoms with Crippen LogP contribution in [0.15, 0.2) is 76.8 Å². The molecule has 40 heavy (non-hydrogen) atoms. The molecule has 1 aliphatic rings. The van der Waals surface area contributed by atoms with E-state index in [1.807, 2.05) is 39.0 Å². The minimum atomic E-state index is -4.75. The number of thioether (sulfide) groups is 1. The molecule has 2 N–H and O–H groups in total. The molecule has 0 saturated carbocycles. The predicted molar refractivity (Wildman–Crippen MR) is 152 cm³/mol. The number of hydrazone groups is 1. The zero-order chi connectivity index (χ0) is 28.9. The predicted octanol–water partition coefficient (Wildman–Crippen LogP) is 7.13. The maximum atomic E-state index is 12.7. The number of amidine groups is 1. The smallest absolute Gasteiger partial charge is 0.406 e. The summed E-state index contributed by atoms with van der Waals surface area (Å²) < 4.78 is 40.6. The van der Waals surface area contributed by atoms with Crippen LogP contribution in [-0.4, -0.2) is 35.4 Å². The summed E-state index contributed by atoms with van der Waals surface area (Å²) >= 11 is 1.21. The molecule has 1 heterocycles.